The Labute approximate surface area is 170 Å². The summed E-state index contributed by atoms with van der Waals surface area (Å²) < 4.78 is 16.2. The Balaban J connectivity index is 2.38. The summed E-state index contributed by atoms with van der Waals surface area (Å²) in [6, 6.07) is 0. The molecular formula is C22H28O7. The van der Waals surface area contributed by atoms with E-state index in [9.17, 15) is 19.2 Å². The van der Waals surface area contributed by atoms with E-state index in [2.05, 4.69) is 6.58 Å². The average molecular weight is 404 g/mol. The van der Waals surface area contributed by atoms with E-state index in [0.29, 0.717) is 18.4 Å². The summed E-state index contributed by atoms with van der Waals surface area (Å²) >= 11 is 0. The van der Waals surface area contributed by atoms with Crippen molar-refractivity contribution in [1.29, 1.82) is 0 Å². The normalized spacial score (nSPS) is 28.3. The smallest absolute Gasteiger partial charge is 0.334 e. The average Bonchev–Trinajstić information content (AvgIpc) is 2.90. The second kappa shape index (κ2) is 10.2. The third-order valence-electron chi connectivity index (χ3n) is 4.84. The van der Waals surface area contributed by atoms with Gasteiger partial charge in [-0.3, -0.25) is 14.4 Å². The Morgan fingerprint density at radius 2 is 2.10 bits per heavy atom. The first-order chi connectivity index (χ1) is 13.7. The van der Waals surface area contributed by atoms with Crippen LogP contribution in [0.5, 0.6) is 0 Å². The van der Waals surface area contributed by atoms with Crippen molar-refractivity contribution < 1.29 is 33.4 Å². The summed E-state index contributed by atoms with van der Waals surface area (Å²) in [7, 11) is 0. The molecule has 0 saturated carbocycles. The van der Waals surface area contributed by atoms with Gasteiger partial charge in [-0.05, 0) is 36.0 Å². The van der Waals surface area contributed by atoms with Crippen LogP contribution in [-0.4, -0.2) is 43.0 Å². The minimum absolute atomic E-state index is 0.0602. The van der Waals surface area contributed by atoms with Crippen LogP contribution >= 0.6 is 0 Å². The lowest BCUT2D eigenvalue weighted by Crippen LogP contribution is -2.34. The molecule has 1 fully saturated rings. The second-order valence-electron chi connectivity index (χ2n) is 7.79. The van der Waals surface area contributed by atoms with Crippen LogP contribution in [0.1, 0.15) is 46.5 Å². The van der Waals surface area contributed by atoms with E-state index >= 15 is 0 Å². The Morgan fingerprint density at radius 1 is 1.38 bits per heavy atom. The van der Waals surface area contributed by atoms with Crippen molar-refractivity contribution >= 4 is 24.2 Å². The zero-order chi connectivity index (χ0) is 21.6. The molecule has 0 aromatic rings. The summed E-state index contributed by atoms with van der Waals surface area (Å²) in [5.74, 6) is -1.89. The van der Waals surface area contributed by atoms with Crippen LogP contribution in [0.3, 0.4) is 0 Å². The number of carbonyl (C=O) groups is 4. The van der Waals surface area contributed by atoms with Crippen LogP contribution in [0.4, 0.5) is 0 Å². The molecule has 1 heterocycles. The monoisotopic (exact) mass is 404 g/mol. The molecule has 2 aliphatic rings. The number of fused-ring (bicyclic) bond motifs is 1. The van der Waals surface area contributed by atoms with Crippen LogP contribution in [-0.2, 0) is 33.4 Å². The summed E-state index contributed by atoms with van der Waals surface area (Å²) in [6.07, 6.45) is 4.27. The SMILES string of the molecule is C=C1C(=O)O[C@H]2/C=C(\COC(C)=O)CC/C=C(\C=O)C[C@@H](OC(=O)CC(C)C)[C@@H]12. The fourth-order valence-electron chi connectivity index (χ4n) is 3.46. The lowest BCUT2D eigenvalue weighted by molar-refractivity contribution is -0.153. The number of rotatable bonds is 6. The quantitative estimate of drug-likeness (QED) is 0.221. The van der Waals surface area contributed by atoms with Gasteiger partial charge in [-0.2, -0.15) is 0 Å². The maximum Gasteiger partial charge on any atom is 0.334 e. The van der Waals surface area contributed by atoms with Crippen molar-refractivity contribution in [1.82, 2.24) is 0 Å². The number of esters is 3. The molecule has 0 radical (unpaired) electrons. The summed E-state index contributed by atoms with van der Waals surface area (Å²) in [6.45, 7) is 9.01. The van der Waals surface area contributed by atoms with E-state index in [1.54, 1.807) is 12.2 Å². The van der Waals surface area contributed by atoms with Crippen LogP contribution in [0.25, 0.3) is 0 Å². The molecule has 0 spiro atoms. The number of aldehydes is 1. The molecule has 1 saturated heterocycles. The van der Waals surface area contributed by atoms with Crippen molar-refractivity contribution in [3.8, 4) is 0 Å². The Hall–Kier alpha value is -2.70. The van der Waals surface area contributed by atoms with Crippen molar-refractivity contribution in [2.45, 2.75) is 58.7 Å². The maximum atomic E-state index is 12.3. The van der Waals surface area contributed by atoms with Gasteiger partial charge in [0.1, 0.15) is 25.1 Å². The molecule has 1 aliphatic heterocycles. The van der Waals surface area contributed by atoms with Gasteiger partial charge in [-0.1, -0.05) is 26.5 Å². The first-order valence-electron chi connectivity index (χ1n) is 9.77. The van der Waals surface area contributed by atoms with Crippen molar-refractivity contribution in [3.63, 3.8) is 0 Å². The fourth-order valence-corrected chi connectivity index (χ4v) is 3.46. The third-order valence-corrected chi connectivity index (χ3v) is 4.84. The van der Waals surface area contributed by atoms with Crippen LogP contribution < -0.4 is 0 Å². The number of ether oxygens (including phenoxy) is 3. The Kier molecular flexibility index (Phi) is 7.93. The fraction of sp³-hybridized carbons (Fsp3) is 0.545. The Bertz CT molecular complexity index is 744. The summed E-state index contributed by atoms with van der Waals surface area (Å²) in [5, 5.41) is 0. The number of hydrogen-bond acceptors (Lipinski definition) is 7. The second-order valence-corrected chi connectivity index (χ2v) is 7.79. The first-order valence-corrected chi connectivity index (χ1v) is 9.77. The molecule has 2 rings (SSSR count). The van der Waals surface area contributed by atoms with Crippen LogP contribution in [0.15, 0.2) is 35.5 Å². The minimum atomic E-state index is -0.758. The summed E-state index contributed by atoms with van der Waals surface area (Å²) in [5.41, 5.74) is 1.44. The van der Waals surface area contributed by atoms with Gasteiger partial charge < -0.3 is 14.2 Å². The molecule has 0 aromatic heterocycles. The van der Waals surface area contributed by atoms with Gasteiger partial charge in [0.25, 0.3) is 0 Å². The number of allylic oxidation sites excluding steroid dienone is 1. The predicted octanol–water partition coefficient (Wildman–Crippen LogP) is 2.84. The molecule has 0 bridgehead atoms. The first kappa shape index (κ1) is 22.6. The summed E-state index contributed by atoms with van der Waals surface area (Å²) in [4.78, 5) is 47.3. The van der Waals surface area contributed by atoms with Gasteiger partial charge in [0.2, 0.25) is 0 Å². The number of carbonyl (C=O) groups excluding carboxylic acids is 4. The molecule has 0 amide bonds. The van der Waals surface area contributed by atoms with E-state index in [4.69, 9.17) is 14.2 Å². The zero-order valence-corrected chi connectivity index (χ0v) is 17.1. The van der Waals surface area contributed by atoms with Crippen molar-refractivity contribution in [2.75, 3.05) is 6.61 Å². The van der Waals surface area contributed by atoms with Crippen LogP contribution in [0, 0.1) is 11.8 Å². The highest BCUT2D eigenvalue weighted by atomic mass is 16.6. The molecule has 7 nitrogen and oxygen atoms in total. The van der Waals surface area contributed by atoms with Gasteiger partial charge >= 0.3 is 17.9 Å². The lowest BCUT2D eigenvalue weighted by Gasteiger charge is -2.27. The van der Waals surface area contributed by atoms with Gasteiger partial charge in [-0.15, -0.1) is 0 Å². The lowest BCUT2D eigenvalue weighted by atomic mass is 9.85. The predicted molar refractivity (Wildman–Crippen MR) is 105 cm³/mol. The van der Waals surface area contributed by atoms with Crippen molar-refractivity contribution in [3.05, 3.63) is 35.5 Å². The molecule has 0 N–H and O–H groups in total. The zero-order valence-electron chi connectivity index (χ0n) is 17.1. The van der Waals surface area contributed by atoms with Gasteiger partial charge in [0.15, 0.2) is 0 Å². The van der Waals surface area contributed by atoms with E-state index in [1.165, 1.54) is 6.92 Å². The van der Waals surface area contributed by atoms with E-state index in [1.807, 2.05) is 13.8 Å². The Morgan fingerprint density at radius 3 is 2.72 bits per heavy atom. The topological polar surface area (TPSA) is 96.0 Å². The molecule has 158 valence electrons. The molecule has 0 unspecified atom stereocenters. The standard InChI is InChI=1S/C22H28O7/c1-13(2)8-20(25)28-18-9-16(11-23)6-5-7-17(12-27-15(4)24)10-19-21(18)14(3)22(26)29-19/h6,10-11,13,18-19,21H,3,5,7-9,12H2,1-2,4H3/b16-6-,17-10-/t18-,19+,21-/m1/s1. The highest BCUT2D eigenvalue weighted by Gasteiger charge is 2.44. The highest BCUT2D eigenvalue weighted by Crippen LogP contribution is 2.36. The van der Waals surface area contributed by atoms with E-state index in [0.717, 1.165) is 11.9 Å². The molecule has 0 aromatic carbocycles. The van der Waals surface area contributed by atoms with Crippen LogP contribution in [0.2, 0.25) is 0 Å². The molecule has 7 heteroatoms. The van der Waals surface area contributed by atoms with Gasteiger partial charge in [0.05, 0.1) is 5.92 Å². The maximum absolute atomic E-state index is 12.3. The van der Waals surface area contributed by atoms with E-state index in [-0.39, 0.29) is 30.9 Å². The molecule has 3 atom stereocenters. The minimum Gasteiger partial charge on any atom is -0.461 e. The highest BCUT2D eigenvalue weighted by molar-refractivity contribution is 5.91. The van der Waals surface area contributed by atoms with Gasteiger partial charge in [0, 0.05) is 25.3 Å². The molecule has 1 aliphatic carbocycles. The largest absolute Gasteiger partial charge is 0.461 e. The van der Waals surface area contributed by atoms with Crippen molar-refractivity contribution in [2.24, 2.45) is 11.8 Å². The molecular weight excluding hydrogens is 376 g/mol. The third kappa shape index (κ3) is 6.41. The number of hydrogen-bond donors (Lipinski definition) is 0. The van der Waals surface area contributed by atoms with E-state index < -0.39 is 36.0 Å². The van der Waals surface area contributed by atoms with Gasteiger partial charge in [-0.25, -0.2) is 4.79 Å². The molecule has 29 heavy (non-hydrogen) atoms.